The Morgan fingerprint density at radius 1 is 1.09 bits per heavy atom. The molecule has 1 saturated carbocycles. The summed E-state index contributed by atoms with van der Waals surface area (Å²) in [7, 11) is 0. The Kier molecular flexibility index (Phi) is 6.05. The molecule has 1 saturated heterocycles. The van der Waals surface area contributed by atoms with Gasteiger partial charge in [-0.2, -0.15) is 5.26 Å². The van der Waals surface area contributed by atoms with Gasteiger partial charge >= 0.3 is 0 Å². The number of carbonyl (C=O) groups is 1. The lowest BCUT2D eigenvalue weighted by atomic mass is 9.85. The number of fused-ring (bicyclic) bond motifs is 1. The average Bonchev–Trinajstić information content (AvgIpc) is 2.88. The fraction of sp³-hybridized carbons (Fsp3) is 0.423. The number of hydrogen-bond donors (Lipinski definition) is 0. The van der Waals surface area contributed by atoms with Crippen LogP contribution in [0.25, 0.3) is 22.0 Å². The van der Waals surface area contributed by atoms with Crippen molar-refractivity contribution in [2.24, 2.45) is 5.92 Å². The number of nitriles is 1. The molecule has 0 N–H and O–H groups in total. The fourth-order valence-electron chi connectivity index (χ4n) is 5.13. The van der Waals surface area contributed by atoms with Crippen molar-refractivity contribution >= 4 is 22.5 Å². The first-order valence-electron chi connectivity index (χ1n) is 11.9. The Hall–Kier alpha value is -3.67. The van der Waals surface area contributed by atoms with Crippen LogP contribution >= 0.6 is 0 Å². The standard InChI is InChI=1S/C26H26F2N6O/c1-17-16-33(25(35)20-6-9-26(27,28)10-7-20)12-13-34(17)24-22-15-30-11-8-21(22)23(31-32-24)19-4-2-18(14-29)3-5-19/h2-5,8,11,15,17,20H,6-7,9-10,12-13,16H2,1H3. The number of anilines is 1. The second-order valence-electron chi connectivity index (χ2n) is 9.44. The van der Waals surface area contributed by atoms with E-state index in [-0.39, 0.29) is 43.6 Å². The quantitative estimate of drug-likeness (QED) is 0.556. The highest BCUT2D eigenvalue weighted by Gasteiger charge is 2.40. The number of halogens is 2. The summed E-state index contributed by atoms with van der Waals surface area (Å²) in [6, 6.07) is 11.2. The highest BCUT2D eigenvalue weighted by Crippen LogP contribution is 2.37. The van der Waals surface area contributed by atoms with Gasteiger partial charge in [-0.3, -0.25) is 9.78 Å². The molecule has 5 rings (SSSR count). The molecular formula is C26H26F2N6O. The fourth-order valence-corrected chi connectivity index (χ4v) is 5.13. The lowest BCUT2D eigenvalue weighted by Crippen LogP contribution is -2.55. The number of benzene rings is 1. The lowest BCUT2D eigenvalue weighted by molar-refractivity contribution is -0.140. The molecule has 1 atom stereocenters. The van der Waals surface area contributed by atoms with Gasteiger partial charge in [0.05, 0.1) is 11.6 Å². The normalized spacial score (nSPS) is 20.6. The molecule has 9 heteroatoms. The van der Waals surface area contributed by atoms with Crippen LogP contribution in [-0.4, -0.2) is 57.6 Å². The third-order valence-electron chi connectivity index (χ3n) is 7.13. The molecule has 1 aromatic carbocycles. The minimum atomic E-state index is -2.64. The van der Waals surface area contributed by atoms with Crippen molar-refractivity contribution in [1.82, 2.24) is 20.1 Å². The van der Waals surface area contributed by atoms with Crippen LogP contribution in [-0.2, 0) is 4.79 Å². The Balaban J connectivity index is 1.37. The van der Waals surface area contributed by atoms with Gasteiger partial charge in [0.1, 0.15) is 5.69 Å². The average molecular weight is 477 g/mol. The maximum atomic E-state index is 13.5. The summed E-state index contributed by atoms with van der Waals surface area (Å²) in [6.45, 7) is 3.63. The summed E-state index contributed by atoms with van der Waals surface area (Å²) < 4.78 is 27.0. The Labute approximate surface area is 202 Å². The van der Waals surface area contributed by atoms with E-state index in [1.807, 2.05) is 30.0 Å². The number of alkyl halides is 2. The summed E-state index contributed by atoms with van der Waals surface area (Å²) in [5, 5.41) is 19.9. The molecule has 3 heterocycles. The first-order chi connectivity index (χ1) is 16.9. The molecule has 1 unspecified atom stereocenters. The molecule has 2 fully saturated rings. The topological polar surface area (TPSA) is 86.0 Å². The number of rotatable bonds is 3. The van der Waals surface area contributed by atoms with Gasteiger partial charge in [0, 0.05) is 73.2 Å². The number of nitrogens with zero attached hydrogens (tertiary/aromatic N) is 6. The summed E-state index contributed by atoms with van der Waals surface area (Å²) in [4.78, 5) is 21.3. The SMILES string of the molecule is CC1CN(C(=O)C2CCC(F)(F)CC2)CCN1c1nnc(-c2ccc(C#N)cc2)c2ccncc12. The molecule has 2 aliphatic rings. The maximum absolute atomic E-state index is 13.5. The Morgan fingerprint density at radius 2 is 1.83 bits per heavy atom. The van der Waals surface area contributed by atoms with Crippen LogP contribution in [0.3, 0.4) is 0 Å². The van der Waals surface area contributed by atoms with Crippen LogP contribution in [0.5, 0.6) is 0 Å². The van der Waals surface area contributed by atoms with Crippen molar-refractivity contribution in [3.05, 3.63) is 48.3 Å². The van der Waals surface area contributed by atoms with Crippen molar-refractivity contribution in [3.8, 4) is 17.3 Å². The third-order valence-corrected chi connectivity index (χ3v) is 7.13. The summed E-state index contributed by atoms with van der Waals surface area (Å²) in [6.07, 6.45) is 3.57. The van der Waals surface area contributed by atoms with Crippen molar-refractivity contribution < 1.29 is 13.6 Å². The van der Waals surface area contributed by atoms with Gasteiger partial charge in [-0.15, -0.1) is 10.2 Å². The van der Waals surface area contributed by atoms with Gasteiger partial charge < -0.3 is 9.80 Å². The number of aromatic nitrogens is 3. The molecule has 35 heavy (non-hydrogen) atoms. The Morgan fingerprint density at radius 3 is 2.51 bits per heavy atom. The monoisotopic (exact) mass is 476 g/mol. The molecule has 2 aromatic heterocycles. The predicted molar refractivity (Wildman–Crippen MR) is 128 cm³/mol. The van der Waals surface area contributed by atoms with Gasteiger partial charge in [-0.1, -0.05) is 12.1 Å². The van der Waals surface area contributed by atoms with Gasteiger partial charge in [0.2, 0.25) is 11.8 Å². The number of carbonyl (C=O) groups excluding carboxylic acids is 1. The Bertz CT molecular complexity index is 1280. The molecule has 3 aromatic rings. The molecule has 180 valence electrons. The van der Waals surface area contributed by atoms with E-state index in [9.17, 15) is 13.6 Å². The molecule has 1 aliphatic heterocycles. The number of hydrogen-bond acceptors (Lipinski definition) is 6. The van der Waals surface area contributed by atoms with Crippen LogP contribution in [0, 0.1) is 17.2 Å². The van der Waals surface area contributed by atoms with Crippen LogP contribution < -0.4 is 4.90 Å². The van der Waals surface area contributed by atoms with E-state index in [0.29, 0.717) is 36.7 Å². The second kappa shape index (κ2) is 9.17. The molecular weight excluding hydrogens is 450 g/mol. The molecule has 1 amide bonds. The van der Waals surface area contributed by atoms with Crippen molar-refractivity contribution in [3.63, 3.8) is 0 Å². The molecule has 7 nitrogen and oxygen atoms in total. The minimum absolute atomic E-state index is 0.0132. The molecule has 0 spiro atoms. The zero-order valence-corrected chi connectivity index (χ0v) is 19.5. The van der Waals surface area contributed by atoms with Crippen molar-refractivity contribution in [2.75, 3.05) is 24.5 Å². The van der Waals surface area contributed by atoms with Crippen LogP contribution in [0.4, 0.5) is 14.6 Å². The van der Waals surface area contributed by atoms with Crippen LogP contribution in [0.1, 0.15) is 38.2 Å². The summed E-state index contributed by atoms with van der Waals surface area (Å²) >= 11 is 0. The first kappa shape index (κ1) is 23.1. The second-order valence-corrected chi connectivity index (χ2v) is 9.44. The number of pyridine rings is 1. The van der Waals surface area contributed by atoms with E-state index in [1.54, 1.807) is 24.5 Å². The highest BCUT2D eigenvalue weighted by molar-refractivity contribution is 5.99. The van der Waals surface area contributed by atoms with E-state index in [2.05, 4.69) is 26.2 Å². The molecule has 0 radical (unpaired) electrons. The zero-order chi connectivity index (χ0) is 24.6. The van der Waals surface area contributed by atoms with Crippen LogP contribution in [0.15, 0.2) is 42.7 Å². The maximum Gasteiger partial charge on any atom is 0.248 e. The van der Waals surface area contributed by atoms with Crippen molar-refractivity contribution in [2.45, 2.75) is 44.6 Å². The summed E-state index contributed by atoms with van der Waals surface area (Å²) in [5.41, 5.74) is 2.15. The molecule has 1 aliphatic carbocycles. The minimum Gasteiger partial charge on any atom is -0.348 e. The van der Waals surface area contributed by atoms with Gasteiger partial charge in [0.25, 0.3) is 0 Å². The van der Waals surface area contributed by atoms with E-state index >= 15 is 0 Å². The number of piperazine rings is 1. The van der Waals surface area contributed by atoms with Gasteiger partial charge in [-0.05, 0) is 38.0 Å². The first-order valence-corrected chi connectivity index (χ1v) is 11.9. The summed E-state index contributed by atoms with van der Waals surface area (Å²) in [5.74, 6) is -2.26. The number of amides is 1. The third kappa shape index (κ3) is 4.53. The largest absolute Gasteiger partial charge is 0.348 e. The van der Waals surface area contributed by atoms with Crippen molar-refractivity contribution in [1.29, 1.82) is 5.26 Å². The van der Waals surface area contributed by atoms with E-state index < -0.39 is 5.92 Å². The zero-order valence-electron chi connectivity index (χ0n) is 19.5. The predicted octanol–water partition coefficient (Wildman–Crippen LogP) is 4.43. The van der Waals surface area contributed by atoms with E-state index in [4.69, 9.17) is 5.26 Å². The highest BCUT2D eigenvalue weighted by atomic mass is 19.3. The van der Waals surface area contributed by atoms with E-state index in [0.717, 1.165) is 16.3 Å². The smallest absolute Gasteiger partial charge is 0.248 e. The molecule has 0 bridgehead atoms. The van der Waals surface area contributed by atoms with Gasteiger partial charge in [0.15, 0.2) is 5.82 Å². The van der Waals surface area contributed by atoms with Gasteiger partial charge in [-0.25, -0.2) is 8.78 Å². The lowest BCUT2D eigenvalue weighted by Gasteiger charge is -2.42. The van der Waals surface area contributed by atoms with E-state index in [1.165, 1.54) is 0 Å². The van der Waals surface area contributed by atoms with Crippen LogP contribution in [0.2, 0.25) is 0 Å².